The number of carbonyl (C=O) groups is 2. The van der Waals surface area contributed by atoms with Crippen LogP contribution in [0.4, 0.5) is 0 Å². The second-order valence-corrected chi connectivity index (χ2v) is 4.87. The molecule has 18 heavy (non-hydrogen) atoms. The molecule has 0 rings (SSSR count). The van der Waals surface area contributed by atoms with Crippen LogP contribution >= 0.6 is 0 Å². The largest absolute Gasteiger partial charge is 0.346 e. The maximum atomic E-state index is 11.9. The Labute approximate surface area is 110 Å². The van der Waals surface area contributed by atoms with Gasteiger partial charge in [-0.05, 0) is 18.8 Å². The SMILES string of the molecule is CCCN(CCC)C(=O)CNC(=O)[C@@H](N)C(C)C. The zero-order valence-electron chi connectivity index (χ0n) is 12.0. The third kappa shape index (κ3) is 6.00. The molecule has 5 nitrogen and oxygen atoms in total. The second kappa shape index (κ2) is 8.91. The van der Waals surface area contributed by atoms with Gasteiger partial charge in [-0.3, -0.25) is 9.59 Å². The van der Waals surface area contributed by atoms with Gasteiger partial charge < -0.3 is 16.0 Å². The van der Waals surface area contributed by atoms with Crippen LogP contribution in [0.15, 0.2) is 0 Å². The molecule has 0 aliphatic heterocycles. The molecule has 0 aromatic rings. The average Bonchev–Trinajstić information content (AvgIpc) is 2.34. The van der Waals surface area contributed by atoms with E-state index in [9.17, 15) is 9.59 Å². The van der Waals surface area contributed by atoms with E-state index in [0.29, 0.717) is 0 Å². The van der Waals surface area contributed by atoms with Crippen molar-refractivity contribution < 1.29 is 9.59 Å². The summed E-state index contributed by atoms with van der Waals surface area (Å²) in [4.78, 5) is 25.3. The number of amides is 2. The maximum Gasteiger partial charge on any atom is 0.241 e. The molecule has 0 saturated heterocycles. The van der Waals surface area contributed by atoms with Crippen LogP contribution in [0.3, 0.4) is 0 Å². The van der Waals surface area contributed by atoms with Crippen LogP contribution in [-0.2, 0) is 9.59 Å². The molecule has 0 aliphatic rings. The molecule has 0 radical (unpaired) electrons. The number of hydrogen-bond acceptors (Lipinski definition) is 3. The van der Waals surface area contributed by atoms with Gasteiger partial charge in [0.05, 0.1) is 12.6 Å². The van der Waals surface area contributed by atoms with Gasteiger partial charge in [0.25, 0.3) is 0 Å². The van der Waals surface area contributed by atoms with Gasteiger partial charge in [0.1, 0.15) is 0 Å². The van der Waals surface area contributed by atoms with Gasteiger partial charge in [-0.15, -0.1) is 0 Å². The highest BCUT2D eigenvalue weighted by Gasteiger charge is 2.19. The van der Waals surface area contributed by atoms with Crippen molar-refractivity contribution in [2.45, 2.75) is 46.6 Å². The van der Waals surface area contributed by atoms with Gasteiger partial charge in [0.15, 0.2) is 0 Å². The molecular weight excluding hydrogens is 230 g/mol. The lowest BCUT2D eigenvalue weighted by molar-refractivity contribution is -0.133. The number of nitrogens with one attached hydrogen (secondary N) is 1. The predicted octanol–water partition coefficient (Wildman–Crippen LogP) is 0.735. The Morgan fingerprint density at radius 3 is 2.06 bits per heavy atom. The molecule has 106 valence electrons. The quantitative estimate of drug-likeness (QED) is 0.673. The van der Waals surface area contributed by atoms with E-state index >= 15 is 0 Å². The van der Waals surface area contributed by atoms with Crippen molar-refractivity contribution in [3.63, 3.8) is 0 Å². The second-order valence-electron chi connectivity index (χ2n) is 4.87. The fourth-order valence-electron chi connectivity index (χ4n) is 1.60. The van der Waals surface area contributed by atoms with E-state index in [1.165, 1.54) is 0 Å². The minimum absolute atomic E-state index is 0.0389. The summed E-state index contributed by atoms with van der Waals surface area (Å²) >= 11 is 0. The summed E-state index contributed by atoms with van der Waals surface area (Å²) in [5.74, 6) is -0.225. The summed E-state index contributed by atoms with van der Waals surface area (Å²) in [5, 5.41) is 2.61. The van der Waals surface area contributed by atoms with Crippen molar-refractivity contribution in [2.75, 3.05) is 19.6 Å². The van der Waals surface area contributed by atoms with E-state index < -0.39 is 6.04 Å². The van der Waals surface area contributed by atoms with E-state index in [4.69, 9.17) is 5.73 Å². The van der Waals surface area contributed by atoms with Crippen LogP contribution in [0.2, 0.25) is 0 Å². The zero-order chi connectivity index (χ0) is 14.1. The van der Waals surface area contributed by atoms with Crippen molar-refractivity contribution in [3.8, 4) is 0 Å². The van der Waals surface area contributed by atoms with Crippen LogP contribution in [0.25, 0.3) is 0 Å². The van der Waals surface area contributed by atoms with E-state index in [-0.39, 0.29) is 24.3 Å². The van der Waals surface area contributed by atoms with Gasteiger partial charge in [-0.25, -0.2) is 0 Å². The molecule has 0 heterocycles. The highest BCUT2D eigenvalue weighted by atomic mass is 16.2. The van der Waals surface area contributed by atoms with E-state index in [2.05, 4.69) is 5.32 Å². The Hall–Kier alpha value is -1.10. The lowest BCUT2D eigenvalue weighted by atomic mass is 10.1. The molecular formula is C13H27N3O2. The summed E-state index contributed by atoms with van der Waals surface area (Å²) in [6.07, 6.45) is 1.84. The maximum absolute atomic E-state index is 11.9. The number of carbonyl (C=O) groups excluding carboxylic acids is 2. The average molecular weight is 257 g/mol. The van der Waals surface area contributed by atoms with E-state index in [1.54, 1.807) is 4.90 Å². The summed E-state index contributed by atoms with van der Waals surface area (Å²) in [5.41, 5.74) is 5.70. The molecule has 0 unspecified atom stereocenters. The molecule has 0 fully saturated rings. The molecule has 3 N–H and O–H groups in total. The lowest BCUT2D eigenvalue weighted by Crippen LogP contribution is -2.48. The molecule has 1 atom stereocenters. The summed E-state index contributed by atoms with van der Waals surface area (Å²) < 4.78 is 0. The van der Waals surface area contributed by atoms with Crippen LogP contribution < -0.4 is 11.1 Å². The van der Waals surface area contributed by atoms with Gasteiger partial charge in [0.2, 0.25) is 11.8 Å². The monoisotopic (exact) mass is 257 g/mol. The first-order valence-electron chi connectivity index (χ1n) is 6.75. The van der Waals surface area contributed by atoms with Gasteiger partial charge >= 0.3 is 0 Å². The van der Waals surface area contributed by atoms with Crippen molar-refractivity contribution >= 4 is 11.8 Å². The first kappa shape index (κ1) is 16.9. The van der Waals surface area contributed by atoms with Gasteiger partial charge in [-0.2, -0.15) is 0 Å². The third-order valence-corrected chi connectivity index (χ3v) is 2.77. The number of nitrogens with two attached hydrogens (primary N) is 1. The smallest absolute Gasteiger partial charge is 0.241 e. The standard InChI is InChI=1S/C13H27N3O2/c1-5-7-16(8-6-2)11(17)9-15-13(18)12(14)10(3)4/h10,12H,5-9,14H2,1-4H3,(H,15,18)/t12-/m0/s1. The molecule has 0 aliphatic carbocycles. The van der Waals surface area contributed by atoms with E-state index in [0.717, 1.165) is 25.9 Å². The van der Waals surface area contributed by atoms with Crippen molar-refractivity contribution in [2.24, 2.45) is 11.7 Å². The van der Waals surface area contributed by atoms with Crippen molar-refractivity contribution in [1.29, 1.82) is 0 Å². The molecule has 2 amide bonds. The van der Waals surface area contributed by atoms with Crippen molar-refractivity contribution in [3.05, 3.63) is 0 Å². The zero-order valence-corrected chi connectivity index (χ0v) is 12.0. The molecule has 0 aromatic carbocycles. The summed E-state index contributed by atoms with van der Waals surface area (Å²) in [6, 6.07) is -0.552. The Balaban J connectivity index is 4.18. The third-order valence-electron chi connectivity index (χ3n) is 2.77. The number of nitrogens with zero attached hydrogens (tertiary/aromatic N) is 1. The van der Waals surface area contributed by atoms with Crippen LogP contribution in [0.5, 0.6) is 0 Å². The Morgan fingerprint density at radius 2 is 1.67 bits per heavy atom. The van der Waals surface area contributed by atoms with Crippen LogP contribution in [0.1, 0.15) is 40.5 Å². The highest BCUT2D eigenvalue weighted by Crippen LogP contribution is 1.98. The topological polar surface area (TPSA) is 75.4 Å². The first-order valence-corrected chi connectivity index (χ1v) is 6.75. The van der Waals surface area contributed by atoms with Crippen LogP contribution in [0, 0.1) is 5.92 Å². The Bertz CT molecular complexity index is 261. The molecule has 0 saturated carbocycles. The predicted molar refractivity (Wildman–Crippen MR) is 73.0 cm³/mol. The number of hydrogen-bond donors (Lipinski definition) is 2. The lowest BCUT2D eigenvalue weighted by Gasteiger charge is -2.22. The fraction of sp³-hybridized carbons (Fsp3) is 0.846. The molecule has 0 spiro atoms. The normalized spacial score (nSPS) is 12.3. The minimum atomic E-state index is -0.552. The Kier molecular flexibility index (Phi) is 8.37. The molecule has 0 bridgehead atoms. The van der Waals surface area contributed by atoms with Crippen LogP contribution in [-0.4, -0.2) is 42.4 Å². The van der Waals surface area contributed by atoms with Gasteiger partial charge in [-0.1, -0.05) is 27.7 Å². The van der Waals surface area contributed by atoms with Gasteiger partial charge in [0, 0.05) is 13.1 Å². The summed E-state index contributed by atoms with van der Waals surface area (Å²) in [6.45, 7) is 9.34. The fourth-order valence-corrected chi connectivity index (χ4v) is 1.60. The Morgan fingerprint density at radius 1 is 1.17 bits per heavy atom. The molecule has 5 heteroatoms. The summed E-state index contributed by atoms with van der Waals surface area (Å²) in [7, 11) is 0. The molecule has 0 aromatic heterocycles. The highest BCUT2D eigenvalue weighted by molar-refractivity contribution is 5.87. The van der Waals surface area contributed by atoms with Crippen molar-refractivity contribution in [1.82, 2.24) is 10.2 Å². The minimum Gasteiger partial charge on any atom is -0.346 e. The number of rotatable bonds is 8. The first-order chi connectivity index (χ1) is 8.43. The van der Waals surface area contributed by atoms with E-state index in [1.807, 2.05) is 27.7 Å².